The van der Waals surface area contributed by atoms with Crippen LogP contribution in [0, 0.1) is 11.3 Å². The first kappa shape index (κ1) is 11.2. The first-order chi connectivity index (χ1) is 8.20. The van der Waals surface area contributed by atoms with Gasteiger partial charge in [0, 0.05) is 6.20 Å². The van der Waals surface area contributed by atoms with Crippen molar-refractivity contribution in [2.45, 2.75) is 0 Å². The molecule has 0 spiro atoms. The summed E-state index contributed by atoms with van der Waals surface area (Å²) in [6, 6.07) is 8.39. The number of nitrogens with zero attached hydrogens (tertiary/aromatic N) is 3. The van der Waals surface area contributed by atoms with Crippen molar-refractivity contribution in [3.8, 4) is 17.8 Å². The summed E-state index contributed by atoms with van der Waals surface area (Å²) in [7, 11) is 0. The zero-order chi connectivity index (χ0) is 12.3. The second kappa shape index (κ2) is 4.68. The fourth-order valence-corrected chi connectivity index (χ4v) is 1.40. The van der Waals surface area contributed by atoms with Crippen LogP contribution in [-0.4, -0.2) is 9.97 Å². The van der Waals surface area contributed by atoms with Crippen LogP contribution in [0.25, 0.3) is 0 Å². The molecule has 0 unspecified atom stereocenters. The zero-order valence-corrected chi connectivity index (χ0v) is 9.35. The number of hydrogen-bond acceptors (Lipinski definition) is 5. The van der Waals surface area contributed by atoms with Gasteiger partial charge in [-0.05, 0) is 18.2 Å². The summed E-state index contributed by atoms with van der Waals surface area (Å²) in [5.41, 5.74) is 6.30. The molecule has 0 atom stereocenters. The van der Waals surface area contributed by atoms with E-state index in [1.165, 1.54) is 12.3 Å². The Balaban J connectivity index is 2.35. The molecule has 5 nitrogen and oxygen atoms in total. The van der Waals surface area contributed by atoms with Crippen LogP contribution in [0.1, 0.15) is 5.69 Å². The lowest BCUT2D eigenvalue weighted by Gasteiger charge is -2.07. The Bertz CT molecular complexity index is 574. The first-order valence-electron chi connectivity index (χ1n) is 4.65. The predicted molar refractivity (Wildman–Crippen MR) is 62.7 cm³/mol. The van der Waals surface area contributed by atoms with Crippen LogP contribution in [0.5, 0.6) is 11.8 Å². The Labute approximate surface area is 102 Å². The number of rotatable bonds is 2. The van der Waals surface area contributed by atoms with E-state index in [2.05, 4.69) is 9.97 Å². The van der Waals surface area contributed by atoms with Crippen molar-refractivity contribution in [1.29, 1.82) is 5.26 Å². The Morgan fingerprint density at radius 1 is 1.35 bits per heavy atom. The van der Waals surface area contributed by atoms with Crippen molar-refractivity contribution < 1.29 is 4.74 Å². The number of anilines is 1. The molecule has 1 aromatic heterocycles. The van der Waals surface area contributed by atoms with E-state index in [4.69, 9.17) is 27.3 Å². The van der Waals surface area contributed by atoms with E-state index in [0.29, 0.717) is 10.7 Å². The van der Waals surface area contributed by atoms with Gasteiger partial charge >= 0.3 is 6.01 Å². The van der Waals surface area contributed by atoms with Crippen molar-refractivity contribution in [2.75, 3.05) is 5.73 Å². The Kier molecular flexibility index (Phi) is 3.08. The van der Waals surface area contributed by atoms with E-state index in [1.807, 2.05) is 6.07 Å². The van der Waals surface area contributed by atoms with Crippen LogP contribution in [0.3, 0.4) is 0 Å². The highest BCUT2D eigenvalue weighted by Crippen LogP contribution is 2.33. The topological polar surface area (TPSA) is 84.8 Å². The third kappa shape index (κ3) is 2.44. The lowest BCUT2D eigenvalue weighted by atomic mass is 10.3. The molecule has 2 aromatic rings. The van der Waals surface area contributed by atoms with E-state index in [0.717, 1.165) is 0 Å². The quantitative estimate of drug-likeness (QED) is 0.823. The maximum Gasteiger partial charge on any atom is 0.323 e. The highest BCUT2D eigenvalue weighted by Gasteiger charge is 2.09. The normalized spacial score (nSPS) is 9.65. The van der Waals surface area contributed by atoms with E-state index < -0.39 is 0 Å². The molecule has 2 rings (SSSR count). The molecule has 1 aromatic carbocycles. The molecule has 1 heterocycles. The molecule has 0 saturated carbocycles. The SMILES string of the molecule is N#Cc1ccnc(Oc2c(N)cccc2Cl)n1. The summed E-state index contributed by atoms with van der Waals surface area (Å²) >= 11 is 5.93. The van der Waals surface area contributed by atoms with Crippen LogP contribution >= 0.6 is 11.6 Å². The smallest absolute Gasteiger partial charge is 0.323 e. The molecular weight excluding hydrogens is 240 g/mol. The Morgan fingerprint density at radius 2 is 2.18 bits per heavy atom. The van der Waals surface area contributed by atoms with Crippen molar-refractivity contribution in [3.05, 3.63) is 41.2 Å². The number of nitriles is 1. The van der Waals surface area contributed by atoms with Gasteiger partial charge in [0.25, 0.3) is 0 Å². The number of benzene rings is 1. The number of halogens is 1. The summed E-state index contributed by atoms with van der Waals surface area (Å²) in [4.78, 5) is 7.73. The highest BCUT2D eigenvalue weighted by molar-refractivity contribution is 6.32. The van der Waals surface area contributed by atoms with Crippen LogP contribution in [0.4, 0.5) is 5.69 Å². The molecule has 0 aliphatic heterocycles. The molecule has 0 bridgehead atoms. The van der Waals surface area contributed by atoms with Crippen molar-refractivity contribution in [3.63, 3.8) is 0 Å². The standard InChI is InChI=1S/C11H7ClN4O/c12-8-2-1-3-9(14)10(8)17-11-15-5-4-7(6-13)16-11/h1-5H,14H2. The van der Waals surface area contributed by atoms with Gasteiger partial charge in [-0.3, -0.25) is 0 Å². The predicted octanol–water partition coefficient (Wildman–Crippen LogP) is 2.38. The number of aromatic nitrogens is 2. The van der Waals surface area contributed by atoms with E-state index in [9.17, 15) is 0 Å². The summed E-state index contributed by atoms with van der Waals surface area (Å²) < 4.78 is 5.35. The highest BCUT2D eigenvalue weighted by atomic mass is 35.5. The third-order valence-corrected chi connectivity index (χ3v) is 2.24. The second-order valence-electron chi connectivity index (χ2n) is 3.10. The van der Waals surface area contributed by atoms with Gasteiger partial charge in [-0.25, -0.2) is 4.98 Å². The van der Waals surface area contributed by atoms with E-state index in [1.54, 1.807) is 18.2 Å². The zero-order valence-electron chi connectivity index (χ0n) is 8.59. The number of nitrogens with two attached hydrogens (primary N) is 1. The molecule has 84 valence electrons. The van der Waals surface area contributed by atoms with Gasteiger partial charge < -0.3 is 10.5 Å². The maximum absolute atomic E-state index is 8.69. The van der Waals surface area contributed by atoms with Crippen LogP contribution in [-0.2, 0) is 0 Å². The number of para-hydroxylation sites is 1. The number of nitrogen functional groups attached to an aromatic ring is 1. The fourth-order valence-electron chi connectivity index (χ4n) is 1.18. The van der Waals surface area contributed by atoms with Gasteiger partial charge in [0.15, 0.2) is 5.75 Å². The van der Waals surface area contributed by atoms with Gasteiger partial charge in [-0.2, -0.15) is 10.2 Å². The summed E-state index contributed by atoms with van der Waals surface area (Å²) in [5.74, 6) is 0.282. The van der Waals surface area contributed by atoms with E-state index >= 15 is 0 Å². The van der Waals surface area contributed by atoms with Crippen molar-refractivity contribution >= 4 is 17.3 Å². The second-order valence-corrected chi connectivity index (χ2v) is 3.50. The minimum absolute atomic E-state index is 0.0313. The summed E-state index contributed by atoms with van der Waals surface area (Å²) in [6.07, 6.45) is 1.42. The molecule has 6 heteroatoms. The molecule has 0 fully saturated rings. The molecule has 0 radical (unpaired) electrons. The van der Waals surface area contributed by atoms with Gasteiger partial charge in [0.1, 0.15) is 11.8 Å². The summed E-state index contributed by atoms with van der Waals surface area (Å²) in [6.45, 7) is 0. The molecule has 2 N–H and O–H groups in total. The number of ether oxygens (including phenoxy) is 1. The van der Waals surface area contributed by atoms with Crippen LogP contribution < -0.4 is 10.5 Å². The largest absolute Gasteiger partial charge is 0.420 e. The molecule has 0 aliphatic carbocycles. The minimum atomic E-state index is 0.0313. The number of hydrogen-bond donors (Lipinski definition) is 1. The van der Waals surface area contributed by atoms with Crippen molar-refractivity contribution in [2.24, 2.45) is 0 Å². The van der Waals surface area contributed by atoms with Gasteiger partial charge in [-0.1, -0.05) is 17.7 Å². The van der Waals surface area contributed by atoms with E-state index in [-0.39, 0.29) is 17.5 Å². The fraction of sp³-hybridized carbons (Fsp3) is 0. The monoisotopic (exact) mass is 246 g/mol. The van der Waals surface area contributed by atoms with Crippen LogP contribution in [0.15, 0.2) is 30.5 Å². The Morgan fingerprint density at radius 3 is 2.88 bits per heavy atom. The Hall–Kier alpha value is -2.32. The lowest BCUT2D eigenvalue weighted by molar-refractivity contribution is 0.443. The van der Waals surface area contributed by atoms with Crippen LogP contribution in [0.2, 0.25) is 5.02 Å². The van der Waals surface area contributed by atoms with Gasteiger partial charge in [-0.15, -0.1) is 0 Å². The average Bonchev–Trinajstić information content (AvgIpc) is 2.34. The molecular formula is C11H7ClN4O. The molecule has 17 heavy (non-hydrogen) atoms. The lowest BCUT2D eigenvalue weighted by Crippen LogP contribution is -1.97. The first-order valence-corrected chi connectivity index (χ1v) is 5.03. The maximum atomic E-state index is 8.69. The molecule has 0 saturated heterocycles. The minimum Gasteiger partial charge on any atom is -0.420 e. The molecule has 0 amide bonds. The van der Waals surface area contributed by atoms with Gasteiger partial charge in [0.05, 0.1) is 10.7 Å². The third-order valence-electron chi connectivity index (χ3n) is 1.94. The van der Waals surface area contributed by atoms with Gasteiger partial charge in [0.2, 0.25) is 0 Å². The average molecular weight is 247 g/mol. The molecule has 0 aliphatic rings. The van der Waals surface area contributed by atoms with Crippen molar-refractivity contribution in [1.82, 2.24) is 9.97 Å². The summed E-state index contributed by atoms with van der Waals surface area (Å²) in [5, 5.41) is 9.05.